The first-order valence-electron chi connectivity index (χ1n) is 7.39. The Morgan fingerprint density at radius 3 is 2.81 bits per heavy atom. The molecule has 1 aliphatic heterocycles. The predicted molar refractivity (Wildman–Crippen MR) is 81.4 cm³/mol. The van der Waals surface area contributed by atoms with Gasteiger partial charge in [0.25, 0.3) is 0 Å². The zero-order valence-electron chi connectivity index (χ0n) is 12.3. The third-order valence-electron chi connectivity index (χ3n) is 3.82. The summed E-state index contributed by atoms with van der Waals surface area (Å²) >= 11 is 0. The number of pyridine rings is 1. The van der Waals surface area contributed by atoms with Crippen LogP contribution in [0.15, 0.2) is 36.8 Å². The van der Waals surface area contributed by atoms with E-state index in [9.17, 15) is 0 Å². The topological polar surface area (TPSA) is 51.1 Å². The van der Waals surface area contributed by atoms with E-state index in [4.69, 9.17) is 4.74 Å². The third-order valence-corrected chi connectivity index (χ3v) is 3.82. The van der Waals surface area contributed by atoms with Crippen LogP contribution in [-0.4, -0.2) is 34.6 Å². The zero-order valence-corrected chi connectivity index (χ0v) is 12.3. The maximum Gasteiger partial charge on any atom is 0.213 e. The fourth-order valence-electron chi connectivity index (χ4n) is 2.58. The predicted octanol–water partition coefficient (Wildman–Crippen LogP) is 2.48. The van der Waals surface area contributed by atoms with Gasteiger partial charge in [0, 0.05) is 37.2 Å². The minimum Gasteiger partial charge on any atom is -0.477 e. The molecule has 2 aromatic heterocycles. The molecule has 3 heterocycles. The summed E-state index contributed by atoms with van der Waals surface area (Å²) in [6, 6.07) is 5.88. The van der Waals surface area contributed by atoms with Gasteiger partial charge in [-0.3, -0.25) is 4.98 Å². The number of anilines is 1. The molecule has 0 amide bonds. The van der Waals surface area contributed by atoms with E-state index in [1.165, 1.54) is 0 Å². The number of hydrogen-bond acceptors (Lipinski definition) is 5. The fourth-order valence-corrected chi connectivity index (χ4v) is 2.58. The highest BCUT2D eigenvalue weighted by Gasteiger charge is 2.20. The average molecular weight is 284 g/mol. The second kappa shape index (κ2) is 6.52. The molecule has 0 aliphatic carbocycles. The van der Waals surface area contributed by atoms with Gasteiger partial charge >= 0.3 is 0 Å². The van der Waals surface area contributed by atoms with E-state index in [0.717, 1.165) is 49.9 Å². The van der Waals surface area contributed by atoms with Crippen molar-refractivity contribution in [1.29, 1.82) is 0 Å². The molecule has 0 aromatic carbocycles. The maximum absolute atomic E-state index is 5.81. The standard InChI is InChI=1S/C16H20N4O/c1-13-3-2-4-16(19-13)21-12-14-5-9-20(10-6-14)15-11-17-7-8-18-15/h2-4,7-8,11,14H,5-6,9-10,12H2,1H3. The van der Waals surface area contributed by atoms with Gasteiger partial charge in [-0.15, -0.1) is 0 Å². The third kappa shape index (κ3) is 3.68. The molecule has 0 N–H and O–H groups in total. The van der Waals surface area contributed by atoms with Crippen molar-refractivity contribution in [2.24, 2.45) is 5.92 Å². The van der Waals surface area contributed by atoms with Crippen molar-refractivity contribution >= 4 is 5.82 Å². The van der Waals surface area contributed by atoms with Gasteiger partial charge in [0.2, 0.25) is 5.88 Å². The van der Waals surface area contributed by atoms with Crippen molar-refractivity contribution in [2.75, 3.05) is 24.6 Å². The SMILES string of the molecule is Cc1cccc(OCC2CCN(c3cnccn3)CC2)n1. The molecule has 0 saturated carbocycles. The second-order valence-electron chi connectivity index (χ2n) is 5.42. The minimum absolute atomic E-state index is 0.584. The lowest BCUT2D eigenvalue weighted by molar-refractivity contribution is 0.215. The first-order chi connectivity index (χ1) is 10.3. The lowest BCUT2D eigenvalue weighted by atomic mass is 9.98. The Labute approximate surface area is 125 Å². The van der Waals surface area contributed by atoms with E-state index in [0.29, 0.717) is 5.92 Å². The molecule has 1 aliphatic rings. The molecule has 21 heavy (non-hydrogen) atoms. The molecule has 1 saturated heterocycles. The summed E-state index contributed by atoms with van der Waals surface area (Å²) in [6.45, 7) is 4.74. The van der Waals surface area contributed by atoms with Gasteiger partial charge in [-0.25, -0.2) is 9.97 Å². The Balaban J connectivity index is 1.48. The van der Waals surface area contributed by atoms with Gasteiger partial charge in [-0.1, -0.05) is 6.07 Å². The van der Waals surface area contributed by atoms with E-state index in [2.05, 4.69) is 19.9 Å². The summed E-state index contributed by atoms with van der Waals surface area (Å²) in [4.78, 5) is 15.1. The van der Waals surface area contributed by atoms with Gasteiger partial charge in [-0.05, 0) is 31.7 Å². The van der Waals surface area contributed by atoms with E-state index in [1.54, 1.807) is 12.4 Å². The highest BCUT2D eigenvalue weighted by Crippen LogP contribution is 2.21. The molecule has 0 bridgehead atoms. The molecule has 0 spiro atoms. The first kappa shape index (κ1) is 13.8. The number of aryl methyl sites for hydroxylation is 1. The van der Waals surface area contributed by atoms with Crippen LogP contribution in [0.5, 0.6) is 5.88 Å². The minimum atomic E-state index is 0.584. The van der Waals surface area contributed by atoms with Crippen LogP contribution >= 0.6 is 0 Å². The lowest BCUT2D eigenvalue weighted by Gasteiger charge is -2.32. The molecule has 5 nitrogen and oxygen atoms in total. The van der Waals surface area contributed by atoms with Crippen LogP contribution in [0.1, 0.15) is 18.5 Å². The van der Waals surface area contributed by atoms with Gasteiger partial charge < -0.3 is 9.64 Å². The summed E-state index contributed by atoms with van der Waals surface area (Å²) in [5.74, 6) is 2.28. The molecular weight excluding hydrogens is 264 g/mol. The van der Waals surface area contributed by atoms with Crippen molar-refractivity contribution in [3.8, 4) is 5.88 Å². The molecule has 0 atom stereocenters. The molecular formula is C16H20N4O. The Kier molecular flexibility index (Phi) is 4.28. The highest BCUT2D eigenvalue weighted by molar-refractivity contribution is 5.35. The summed E-state index contributed by atoms with van der Waals surface area (Å²) in [7, 11) is 0. The normalized spacial score (nSPS) is 16.0. The van der Waals surface area contributed by atoms with E-state index >= 15 is 0 Å². The number of piperidine rings is 1. The quantitative estimate of drug-likeness (QED) is 0.863. The Morgan fingerprint density at radius 1 is 1.24 bits per heavy atom. The van der Waals surface area contributed by atoms with Crippen LogP contribution in [-0.2, 0) is 0 Å². The lowest BCUT2D eigenvalue weighted by Crippen LogP contribution is -2.36. The monoisotopic (exact) mass is 284 g/mol. The molecule has 1 fully saturated rings. The largest absolute Gasteiger partial charge is 0.477 e. The van der Waals surface area contributed by atoms with Crippen molar-refractivity contribution in [1.82, 2.24) is 15.0 Å². The summed E-state index contributed by atoms with van der Waals surface area (Å²) in [6.07, 6.45) is 7.51. The summed E-state index contributed by atoms with van der Waals surface area (Å²) in [5.41, 5.74) is 0.991. The van der Waals surface area contributed by atoms with Crippen molar-refractivity contribution in [3.05, 3.63) is 42.5 Å². The van der Waals surface area contributed by atoms with Gasteiger partial charge in [0.1, 0.15) is 5.82 Å². The van der Waals surface area contributed by atoms with Crippen molar-refractivity contribution < 1.29 is 4.74 Å². The van der Waals surface area contributed by atoms with Crippen molar-refractivity contribution in [3.63, 3.8) is 0 Å². The highest BCUT2D eigenvalue weighted by atomic mass is 16.5. The van der Waals surface area contributed by atoms with Gasteiger partial charge in [-0.2, -0.15) is 0 Å². The van der Waals surface area contributed by atoms with Crippen LogP contribution in [0.2, 0.25) is 0 Å². The summed E-state index contributed by atoms with van der Waals surface area (Å²) < 4.78 is 5.81. The van der Waals surface area contributed by atoms with Crippen LogP contribution < -0.4 is 9.64 Å². The van der Waals surface area contributed by atoms with Crippen LogP contribution in [0.4, 0.5) is 5.82 Å². The van der Waals surface area contributed by atoms with Crippen LogP contribution in [0.3, 0.4) is 0 Å². The second-order valence-corrected chi connectivity index (χ2v) is 5.42. The maximum atomic E-state index is 5.81. The van der Waals surface area contributed by atoms with E-state index in [-0.39, 0.29) is 0 Å². The number of hydrogen-bond donors (Lipinski definition) is 0. The smallest absolute Gasteiger partial charge is 0.213 e. The first-order valence-corrected chi connectivity index (χ1v) is 7.39. The Hall–Kier alpha value is -2.17. The van der Waals surface area contributed by atoms with Crippen LogP contribution in [0, 0.1) is 12.8 Å². The average Bonchev–Trinajstić information content (AvgIpc) is 2.54. The number of aromatic nitrogens is 3. The number of rotatable bonds is 4. The molecule has 0 unspecified atom stereocenters. The van der Waals surface area contributed by atoms with Gasteiger partial charge in [0.15, 0.2) is 0 Å². The van der Waals surface area contributed by atoms with E-state index < -0.39 is 0 Å². The summed E-state index contributed by atoms with van der Waals surface area (Å²) in [5, 5.41) is 0. The van der Waals surface area contributed by atoms with E-state index in [1.807, 2.05) is 31.3 Å². The van der Waals surface area contributed by atoms with Crippen molar-refractivity contribution in [2.45, 2.75) is 19.8 Å². The molecule has 110 valence electrons. The zero-order chi connectivity index (χ0) is 14.5. The molecule has 2 aromatic rings. The molecule has 5 heteroatoms. The Morgan fingerprint density at radius 2 is 2.10 bits per heavy atom. The Bertz CT molecular complexity index is 567. The molecule has 0 radical (unpaired) electrons. The molecule has 3 rings (SSSR count). The fraction of sp³-hybridized carbons (Fsp3) is 0.438. The number of ether oxygens (including phenoxy) is 1. The van der Waals surface area contributed by atoms with Gasteiger partial charge in [0.05, 0.1) is 12.8 Å². The number of nitrogens with zero attached hydrogens (tertiary/aromatic N) is 4. The van der Waals surface area contributed by atoms with Crippen LogP contribution in [0.25, 0.3) is 0 Å².